The molecule has 3 heterocycles. The van der Waals surface area contributed by atoms with E-state index < -0.39 is 0 Å². The number of para-hydroxylation sites is 1. The molecule has 0 radical (unpaired) electrons. The van der Waals surface area contributed by atoms with Gasteiger partial charge in [0.15, 0.2) is 5.65 Å². The predicted octanol–water partition coefficient (Wildman–Crippen LogP) is 2.83. The first-order valence-electron chi connectivity index (χ1n) is 11.0. The number of fused-ring (bicyclic) bond motifs is 2. The summed E-state index contributed by atoms with van der Waals surface area (Å²) in [6.45, 7) is 4.74. The first kappa shape index (κ1) is 21.7. The quantitative estimate of drug-likeness (QED) is 0.435. The van der Waals surface area contributed by atoms with Crippen molar-refractivity contribution in [2.45, 2.75) is 26.9 Å². The van der Waals surface area contributed by atoms with Crippen molar-refractivity contribution in [3.05, 3.63) is 81.8 Å². The minimum atomic E-state index is -0.105. The van der Waals surface area contributed by atoms with Gasteiger partial charge in [0.1, 0.15) is 24.5 Å². The summed E-state index contributed by atoms with van der Waals surface area (Å²) in [4.78, 5) is 29.4. The van der Waals surface area contributed by atoms with Gasteiger partial charge < -0.3 is 10.6 Å². The summed E-state index contributed by atoms with van der Waals surface area (Å²) in [5.74, 6) is 0.946. The second kappa shape index (κ2) is 8.35. The molecule has 0 bridgehead atoms. The van der Waals surface area contributed by atoms with Crippen LogP contribution in [-0.2, 0) is 13.1 Å². The number of anilines is 1. The molecule has 0 aliphatic rings. The maximum absolute atomic E-state index is 13.8. The van der Waals surface area contributed by atoms with Gasteiger partial charge in [-0.05, 0) is 51.2 Å². The lowest BCUT2D eigenvalue weighted by molar-refractivity contribution is 0.395. The number of nitrogen functional groups attached to an aromatic ring is 1. The monoisotopic (exact) mass is 454 g/mol. The standard InChI is InChI=1S/C25H26N8O/c1-15-8-5-6-11-19(15)33-20(29-17-10-7-9-16(2)21(17)25(33)34)13-32-24-22(23(26)27-14-28-24)18(30-32)12-31(3)4/h5-11,14H,12-13H2,1-4H3,(H2,26,27,28). The summed E-state index contributed by atoms with van der Waals surface area (Å²) >= 11 is 0. The Bertz CT molecular complexity index is 1600. The molecule has 0 aliphatic heterocycles. The molecule has 0 fully saturated rings. The molecule has 0 saturated heterocycles. The zero-order valence-corrected chi connectivity index (χ0v) is 19.6. The number of rotatable bonds is 5. The molecule has 0 atom stereocenters. The predicted molar refractivity (Wildman–Crippen MR) is 133 cm³/mol. The lowest BCUT2D eigenvalue weighted by Gasteiger charge is -2.16. The van der Waals surface area contributed by atoms with E-state index in [1.807, 2.05) is 75.3 Å². The Balaban J connectivity index is 1.78. The highest BCUT2D eigenvalue weighted by molar-refractivity contribution is 5.88. The van der Waals surface area contributed by atoms with Crippen molar-refractivity contribution >= 4 is 27.8 Å². The van der Waals surface area contributed by atoms with Gasteiger partial charge in [0.2, 0.25) is 0 Å². The van der Waals surface area contributed by atoms with Crippen molar-refractivity contribution in [3.63, 3.8) is 0 Å². The van der Waals surface area contributed by atoms with E-state index in [-0.39, 0.29) is 12.1 Å². The topological polar surface area (TPSA) is 108 Å². The molecular weight excluding hydrogens is 428 g/mol. The Morgan fingerprint density at radius 3 is 2.50 bits per heavy atom. The van der Waals surface area contributed by atoms with Crippen molar-refractivity contribution in [3.8, 4) is 5.69 Å². The second-order valence-corrected chi connectivity index (χ2v) is 8.72. The third-order valence-electron chi connectivity index (χ3n) is 5.92. The Hall–Kier alpha value is -4.11. The number of benzene rings is 2. The van der Waals surface area contributed by atoms with Crippen LogP contribution in [0.15, 0.2) is 53.6 Å². The number of nitrogens with zero attached hydrogens (tertiary/aromatic N) is 7. The van der Waals surface area contributed by atoms with Crippen LogP contribution in [-0.4, -0.2) is 48.3 Å². The van der Waals surface area contributed by atoms with Gasteiger partial charge in [-0.25, -0.2) is 19.6 Å². The van der Waals surface area contributed by atoms with Crippen molar-refractivity contribution in [2.75, 3.05) is 19.8 Å². The third kappa shape index (κ3) is 3.60. The largest absolute Gasteiger partial charge is 0.383 e. The number of hydrogen-bond donors (Lipinski definition) is 1. The molecule has 172 valence electrons. The van der Waals surface area contributed by atoms with E-state index in [0.717, 1.165) is 27.9 Å². The minimum absolute atomic E-state index is 0.105. The van der Waals surface area contributed by atoms with Crippen molar-refractivity contribution in [1.82, 2.24) is 34.2 Å². The van der Waals surface area contributed by atoms with Gasteiger partial charge in [0.25, 0.3) is 5.56 Å². The van der Waals surface area contributed by atoms with E-state index in [9.17, 15) is 4.79 Å². The molecule has 3 aromatic heterocycles. The SMILES string of the molecule is Cc1ccccc1-n1c(Cn2nc(CN(C)C)c3c(N)ncnc32)nc2cccc(C)c2c1=O. The molecule has 9 heteroatoms. The highest BCUT2D eigenvalue weighted by Gasteiger charge is 2.20. The molecular formula is C25H26N8O. The average molecular weight is 455 g/mol. The van der Waals surface area contributed by atoms with Crippen LogP contribution in [0.4, 0.5) is 5.82 Å². The van der Waals surface area contributed by atoms with Gasteiger partial charge in [-0.1, -0.05) is 30.3 Å². The molecule has 0 aliphatic carbocycles. The molecule has 0 unspecified atom stereocenters. The second-order valence-electron chi connectivity index (χ2n) is 8.72. The molecule has 0 saturated carbocycles. The fraction of sp³-hybridized carbons (Fsp3) is 0.240. The van der Waals surface area contributed by atoms with Crippen LogP contribution in [0.3, 0.4) is 0 Å². The summed E-state index contributed by atoms with van der Waals surface area (Å²) in [5, 5.41) is 6.14. The number of nitrogens with two attached hydrogens (primary N) is 1. The smallest absolute Gasteiger partial charge is 0.266 e. The van der Waals surface area contributed by atoms with Gasteiger partial charge in [-0.2, -0.15) is 5.10 Å². The molecule has 5 aromatic rings. The van der Waals surface area contributed by atoms with Crippen LogP contribution in [0.1, 0.15) is 22.6 Å². The zero-order chi connectivity index (χ0) is 24.0. The first-order valence-corrected chi connectivity index (χ1v) is 11.0. The van der Waals surface area contributed by atoms with Gasteiger partial charge in [0, 0.05) is 6.54 Å². The summed E-state index contributed by atoms with van der Waals surface area (Å²) in [6.07, 6.45) is 1.43. The number of aryl methyl sites for hydroxylation is 2. The fourth-order valence-electron chi connectivity index (χ4n) is 4.37. The number of hydrogen-bond acceptors (Lipinski definition) is 7. The Morgan fingerprint density at radius 1 is 0.971 bits per heavy atom. The van der Waals surface area contributed by atoms with E-state index in [0.29, 0.717) is 34.7 Å². The van der Waals surface area contributed by atoms with Gasteiger partial charge in [-0.3, -0.25) is 9.36 Å². The van der Waals surface area contributed by atoms with Crippen LogP contribution < -0.4 is 11.3 Å². The third-order valence-corrected chi connectivity index (χ3v) is 5.92. The van der Waals surface area contributed by atoms with Crippen LogP contribution in [0.5, 0.6) is 0 Å². The lowest BCUT2D eigenvalue weighted by atomic mass is 10.1. The van der Waals surface area contributed by atoms with Crippen LogP contribution >= 0.6 is 0 Å². The molecule has 5 rings (SSSR count). The molecule has 34 heavy (non-hydrogen) atoms. The molecule has 2 aromatic carbocycles. The summed E-state index contributed by atoms with van der Waals surface area (Å²) in [6, 6.07) is 13.5. The maximum atomic E-state index is 13.8. The van der Waals surface area contributed by atoms with E-state index >= 15 is 0 Å². The van der Waals surface area contributed by atoms with E-state index in [4.69, 9.17) is 15.8 Å². The number of aromatic nitrogens is 6. The summed E-state index contributed by atoms with van der Waals surface area (Å²) in [7, 11) is 3.93. The molecule has 0 amide bonds. The Labute approximate surface area is 196 Å². The molecule has 9 nitrogen and oxygen atoms in total. The highest BCUT2D eigenvalue weighted by atomic mass is 16.1. The Kier molecular flexibility index (Phi) is 5.33. The maximum Gasteiger partial charge on any atom is 0.266 e. The van der Waals surface area contributed by atoms with Gasteiger partial charge in [0.05, 0.1) is 27.7 Å². The van der Waals surface area contributed by atoms with E-state index in [1.54, 1.807) is 9.25 Å². The summed E-state index contributed by atoms with van der Waals surface area (Å²) in [5.41, 5.74) is 10.8. The van der Waals surface area contributed by atoms with Crippen molar-refractivity contribution in [2.24, 2.45) is 0 Å². The average Bonchev–Trinajstić information content (AvgIpc) is 3.12. The molecule has 0 spiro atoms. The van der Waals surface area contributed by atoms with Crippen molar-refractivity contribution < 1.29 is 0 Å². The summed E-state index contributed by atoms with van der Waals surface area (Å²) < 4.78 is 3.44. The normalized spacial score (nSPS) is 11.7. The Morgan fingerprint density at radius 2 is 1.74 bits per heavy atom. The minimum Gasteiger partial charge on any atom is -0.383 e. The highest BCUT2D eigenvalue weighted by Crippen LogP contribution is 2.24. The fourth-order valence-corrected chi connectivity index (χ4v) is 4.37. The lowest BCUT2D eigenvalue weighted by Crippen LogP contribution is -2.26. The zero-order valence-electron chi connectivity index (χ0n) is 19.6. The van der Waals surface area contributed by atoms with Crippen LogP contribution in [0, 0.1) is 13.8 Å². The van der Waals surface area contributed by atoms with Gasteiger partial charge >= 0.3 is 0 Å². The van der Waals surface area contributed by atoms with E-state index in [1.165, 1.54) is 6.33 Å². The van der Waals surface area contributed by atoms with Crippen molar-refractivity contribution in [1.29, 1.82) is 0 Å². The van der Waals surface area contributed by atoms with Gasteiger partial charge in [-0.15, -0.1) is 0 Å². The van der Waals surface area contributed by atoms with Crippen LogP contribution in [0.2, 0.25) is 0 Å². The first-order chi connectivity index (χ1) is 16.3. The van der Waals surface area contributed by atoms with E-state index in [2.05, 4.69) is 9.97 Å². The van der Waals surface area contributed by atoms with Crippen LogP contribution in [0.25, 0.3) is 27.6 Å². The molecule has 2 N–H and O–H groups in total.